The van der Waals surface area contributed by atoms with Gasteiger partial charge in [0.15, 0.2) is 0 Å². The highest BCUT2D eigenvalue weighted by atomic mass is 79.9. The first-order valence-corrected chi connectivity index (χ1v) is 7.64. The van der Waals surface area contributed by atoms with E-state index in [1.165, 1.54) is 0 Å². The predicted molar refractivity (Wildman–Crippen MR) is 84.4 cm³/mol. The lowest BCUT2D eigenvalue weighted by atomic mass is 10.2. The molecule has 0 aromatic heterocycles. The second-order valence-corrected chi connectivity index (χ2v) is 5.39. The fraction of sp³-hybridized carbons (Fsp3) is 0.571. The number of nitro groups is 1. The zero-order chi connectivity index (χ0) is 15.5. The third-order valence-electron chi connectivity index (χ3n) is 2.86. The summed E-state index contributed by atoms with van der Waals surface area (Å²) in [6.45, 7) is 3.47. The van der Waals surface area contributed by atoms with E-state index in [2.05, 4.69) is 21.2 Å². The summed E-state index contributed by atoms with van der Waals surface area (Å²) in [6, 6.07) is 5.17. The van der Waals surface area contributed by atoms with Gasteiger partial charge in [-0.25, -0.2) is 0 Å². The Balaban J connectivity index is 2.16. The molecule has 0 aliphatic rings. The van der Waals surface area contributed by atoms with E-state index in [1.807, 2.05) is 6.07 Å². The Morgan fingerprint density at radius 3 is 2.81 bits per heavy atom. The first-order chi connectivity index (χ1) is 10.1. The molecule has 0 aliphatic heterocycles. The highest BCUT2D eigenvalue weighted by Gasteiger charge is 2.11. The zero-order valence-electron chi connectivity index (χ0n) is 12.1. The predicted octanol–water partition coefficient (Wildman–Crippen LogP) is 2.89. The van der Waals surface area contributed by atoms with Gasteiger partial charge in [-0.1, -0.05) is 6.07 Å². The van der Waals surface area contributed by atoms with Gasteiger partial charge in [0.25, 0.3) is 5.69 Å². The molecule has 21 heavy (non-hydrogen) atoms. The minimum atomic E-state index is -0.384. The lowest BCUT2D eigenvalue weighted by Gasteiger charge is -2.06. The minimum absolute atomic E-state index is 0.0980. The van der Waals surface area contributed by atoms with Gasteiger partial charge in [0.2, 0.25) is 0 Å². The standard InChI is InChI=1S/C14H21BrN2O4/c1-20-8-9-21-7-3-2-6-16-11-12-4-5-13(15)14(10-12)17(18)19/h4-5,10,16H,2-3,6-9,11H2,1H3. The molecule has 0 fully saturated rings. The molecule has 0 amide bonds. The second kappa shape index (κ2) is 10.7. The molecule has 1 aromatic rings. The van der Waals surface area contributed by atoms with Crippen molar-refractivity contribution in [2.24, 2.45) is 0 Å². The van der Waals surface area contributed by atoms with E-state index in [4.69, 9.17) is 9.47 Å². The van der Waals surface area contributed by atoms with Gasteiger partial charge in [0.05, 0.1) is 22.6 Å². The van der Waals surface area contributed by atoms with Crippen molar-refractivity contribution >= 4 is 21.6 Å². The fourth-order valence-corrected chi connectivity index (χ4v) is 2.13. The number of benzene rings is 1. The summed E-state index contributed by atoms with van der Waals surface area (Å²) in [5.41, 5.74) is 1.00. The van der Waals surface area contributed by atoms with Crippen molar-refractivity contribution in [1.82, 2.24) is 5.32 Å². The molecule has 6 nitrogen and oxygen atoms in total. The first kappa shape index (κ1) is 18.0. The van der Waals surface area contributed by atoms with Crippen LogP contribution in [0.25, 0.3) is 0 Å². The number of nitrogens with one attached hydrogen (secondary N) is 1. The van der Waals surface area contributed by atoms with Crippen LogP contribution in [0.2, 0.25) is 0 Å². The van der Waals surface area contributed by atoms with Crippen LogP contribution in [0.1, 0.15) is 18.4 Å². The van der Waals surface area contributed by atoms with Crippen LogP contribution in [0.15, 0.2) is 22.7 Å². The van der Waals surface area contributed by atoms with Gasteiger partial charge in [-0.15, -0.1) is 0 Å². The molecule has 0 radical (unpaired) electrons. The molecule has 0 bridgehead atoms. The Kier molecular flexibility index (Phi) is 9.16. The molecular weight excluding hydrogens is 340 g/mol. The third-order valence-corrected chi connectivity index (χ3v) is 3.53. The molecular formula is C14H21BrN2O4. The van der Waals surface area contributed by atoms with E-state index < -0.39 is 0 Å². The van der Waals surface area contributed by atoms with Crippen molar-refractivity contribution in [2.45, 2.75) is 19.4 Å². The summed E-state index contributed by atoms with van der Waals surface area (Å²) in [4.78, 5) is 10.4. The van der Waals surface area contributed by atoms with E-state index in [9.17, 15) is 10.1 Å². The molecule has 0 unspecified atom stereocenters. The number of hydrogen-bond donors (Lipinski definition) is 1. The highest BCUT2D eigenvalue weighted by Crippen LogP contribution is 2.25. The van der Waals surface area contributed by atoms with E-state index in [0.717, 1.165) is 31.6 Å². The van der Waals surface area contributed by atoms with Gasteiger partial charge in [-0.05, 0) is 46.9 Å². The maximum atomic E-state index is 10.8. The van der Waals surface area contributed by atoms with Crippen LogP contribution in [0, 0.1) is 10.1 Å². The van der Waals surface area contributed by atoms with Crippen LogP contribution in [0.5, 0.6) is 0 Å². The average molecular weight is 361 g/mol. The van der Waals surface area contributed by atoms with Crippen LogP contribution in [-0.4, -0.2) is 38.4 Å². The summed E-state index contributed by atoms with van der Waals surface area (Å²) in [6.07, 6.45) is 1.99. The third kappa shape index (κ3) is 7.52. The molecule has 1 aromatic carbocycles. The second-order valence-electron chi connectivity index (χ2n) is 4.53. The van der Waals surface area contributed by atoms with E-state index in [1.54, 1.807) is 19.2 Å². The Morgan fingerprint density at radius 2 is 2.10 bits per heavy atom. The fourth-order valence-electron chi connectivity index (χ4n) is 1.74. The van der Waals surface area contributed by atoms with Crippen LogP contribution >= 0.6 is 15.9 Å². The van der Waals surface area contributed by atoms with Gasteiger partial charge in [0, 0.05) is 26.3 Å². The van der Waals surface area contributed by atoms with Gasteiger partial charge in [-0.3, -0.25) is 10.1 Å². The Morgan fingerprint density at radius 1 is 1.29 bits per heavy atom. The molecule has 0 atom stereocenters. The number of halogens is 1. The van der Waals surface area contributed by atoms with Gasteiger partial charge < -0.3 is 14.8 Å². The lowest BCUT2D eigenvalue weighted by molar-refractivity contribution is -0.385. The molecule has 0 saturated carbocycles. The van der Waals surface area contributed by atoms with Gasteiger partial charge in [-0.2, -0.15) is 0 Å². The molecule has 0 saturated heterocycles. The van der Waals surface area contributed by atoms with Crippen molar-refractivity contribution in [2.75, 3.05) is 33.5 Å². The minimum Gasteiger partial charge on any atom is -0.382 e. The highest BCUT2D eigenvalue weighted by molar-refractivity contribution is 9.10. The molecule has 1 rings (SSSR count). The van der Waals surface area contributed by atoms with Gasteiger partial charge >= 0.3 is 0 Å². The molecule has 118 valence electrons. The number of methoxy groups -OCH3 is 1. The Hall–Kier alpha value is -1.02. The van der Waals surface area contributed by atoms with E-state index in [0.29, 0.717) is 24.2 Å². The van der Waals surface area contributed by atoms with Crippen molar-refractivity contribution in [3.05, 3.63) is 38.3 Å². The van der Waals surface area contributed by atoms with Crippen molar-refractivity contribution in [3.8, 4) is 0 Å². The normalized spacial score (nSPS) is 10.8. The number of nitro benzene ring substituents is 1. The number of hydrogen-bond acceptors (Lipinski definition) is 5. The summed E-state index contributed by atoms with van der Waals surface area (Å²) in [5.74, 6) is 0. The van der Waals surface area contributed by atoms with Crippen LogP contribution in [0.4, 0.5) is 5.69 Å². The SMILES string of the molecule is COCCOCCCCNCc1ccc(Br)c([N+](=O)[O-])c1. The number of nitrogens with zero attached hydrogens (tertiary/aromatic N) is 1. The Labute approximate surface area is 133 Å². The summed E-state index contributed by atoms with van der Waals surface area (Å²) >= 11 is 3.17. The van der Waals surface area contributed by atoms with Crippen molar-refractivity contribution < 1.29 is 14.4 Å². The maximum Gasteiger partial charge on any atom is 0.283 e. The number of rotatable bonds is 11. The summed E-state index contributed by atoms with van der Waals surface area (Å²) in [7, 11) is 1.65. The maximum absolute atomic E-state index is 10.8. The number of ether oxygens (including phenoxy) is 2. The number of unbranched alkanes of at least 4 members (excludes halogenated alkanes) is 1. The molecule has 1 N–H and O–H groups in total. The summed E-state index contributed by atoms with van der Waals surface area (Å²) < 4.78 is 10.7. The quantitative estimate of drug-likeness (QED) is 0.373. The van der Waals surface area contributed by atoms with Crippen molar-refractivity contribution in [3.63, 3.8) is 0 Å². The van der Waals surface area contributed by atoms with Crippen LogP contribution < -0.4 is 5.32 Å². The molecule has 0 heterocycles. The molecule has 7 heteroatoms. The average Bonchev–Trinajstić information content (AvgIpc) is 2.47. The van der Waals surface area contributed by atoms with E-state index >= 15 is 0 Å². The molecule has 0 spiro atoms. The van der Waals surface area contributed by atoms with Crippen LogP contribution in [0.3, 0.4) is 0 Å². The summed E-state index contributed by atoms with van der Waals surface area (Å²) in [5, 5.41) is 14.1. The smallest absolute Gasteiger partial charge is 0.283 e. The van der Waals surface area contributed by atoms with E-state index in [-0.39, 0.29) is 10.6 Å². The monoisotopic (exact) mass is 360 g/mol. The van der Waals surface area contributed by atoms with Crippen LogP contribution in [-0.2, 0) is 16.0 Å². The zero-order valence-corrected chi connectivity index (χ0v) is 13.7. The molecule has 0 aliphatic carbocycles. The van der Waals surface area contributed by atoms with Crippen molar-refractivity contribution in [1.29, 1.82) is 0 Å². The Bertz CT molecular complexity index is 443. The lowest BCUT2D eigenvalue weighted by Crippen LogP contribution is -2.15. The largest absolute Gasteiger partial charge is 0.382 e. The topological polar surface area (TPSA) is 73.6 Å². The van der Waals surface area contributed by atoms with Gasteiger partial charge in [0.1, 0.15) is 0 Å². The first-order valence-electron chi connectivity index (χ1n) is 6.85.